The summed E-state index contributed by atoms with van der Waals surface area (Å²) in [6, 6.07) is 1.90. The number of carbonyl (C=O) groups is 1. The van der Waals surface area contributed by atoms with E-state index in [1.54, 1.807) is 29.5 Å². The predicted octanol–water partition coefficient (Wildman–Crippen LogP) is 1.57. The number of aliphatic hydroxyl groups is 1. The van der Waals surface area contributed by atoms with Crippen LogP contribution in [0, 0.1) is 0 Å². The average Bonchev–Trinajstić information content (AvgIpc) is 3.26. The Kier molecular flexibility index (Phi) is 3.76. The number of hydrogen-bond acceptors (Lipinski definition) is 5. The Morgan fingerprint density at radius 1 is 1.44 bits per heavy atom. The van der Waals surface area contributed by atoms with Gasteiger partial charge in [-0.25, -0.2) is 9.97 Å². The molecule has 1 fully saturated rings. The Bertz CT molecular complexity index is 889. The Morgan fingerprint density at radius 2 is 2.24 bits per heavy atom. The summed E-state index contributed by atoms with van der Waals surface area (Å²) in [6.45, 7) is 1.84. The molecule has 4 rings (SSSR count). The number of rotatable bonds is 3. The highest BCUT2D eigenvalue weighted by Crippen LogP contribution is 2.28. The molecular formula is C17H20N6O2. The zero-order valence-electron chi connectivity index (χ0n) is 13.9. The summed E-state index contributed by atoms with van der Waals surface area (Å²) < 4.78 is 1.75. The van der Waals surface area contributed by atoms with Crippen LogP contribution >= 0.6 is 0 Å². The van der Waals surface area contributed by atoms with E-state index >= 15 is 0 Å². The second kappa shape index (κ2) is 5.96. The molecule has 25 heavy (non-hydrogen) atoms. The summed E-state index contributed by atoms with van der Waals surface area (Å²) in [7, 11) is 0. The van der Waals surface area contributed by atoms with E-state index in [1.165, 1.54) is 0 Å². The van der Waals surface area contributed by atoms with Crippen molar-refractivity contribution in [1.82, 2.24) is 30.0 Å². The number of aromatic nitrogens is 5. The monoisotopic (exact) mass is 340 g/mol. The standard InChI is InChI=1S/C17H20N6O2/c1-17(25)4-2-12(3-5-17)20-16(24)15-14-11(9-19-22-14)8-13(21-15)23-7-6-18-10-23/h6-10,12,25H,2-5H2,1H3,(H,19,22)(H,20,24)/t12-,17+. The van der Waals surface area contributed by atoms with Gasteiger partial charge in [0.1, 0.15) is 12.1 Å². The van der Waals surface area contributed by atoms with E-state index in [4.69, 9.17) is 0 Å². The van der Waals surface area contributed by atoms with Crippen molar-refractivity contribution in [2.24, 2.45) is 0 Å². The van der Waals surface area contributed by atoms with Crippen molar-refractivity contribution in [3.05, 3.63) is 36.7 Å². The smallest absolute Gasteiger partial charge is 0.272 e. The van der Waals surface area contributed by atoms with Crippen LogP contribution in [-0.4, -0.2) is 47.4 Å². The number of pyridine rings is 1. The van der Waals surface area contributed by atoms with Crippen molar-refractivity contribution in [2.75, 3.05) is 0 Å². The molecule has 3 N–H and O–H groups in total. The van der Waals surface area contributed by atoms with Crippen LogP contribution in [0.4, 0.5) is 0 Å². The number of amides is 1. The highest BCUT2D eigenvalue weighted by molar-refractivity contribution is 6.04. The van der Waals surface area contributed by atoms with E-state index in [2.05, 4.69) is 25.5 Å². The summed E-state index contributed by atoms with van der Waals surface area (Å²) in [5.74, 6) is 0.380. The minimum absolute atomic E-state index is 0.0457. The minimum atomic E-state index is -0.628. The predicted molar refractivity (Wildman–Crippen MR) is 91.4 cm³/mol. The lowest BCUT2D eigenvalue weighted by Crippen LogP contribution is -2.42. The lowest BCUT2D eigenvalue weighted by molar-refractivity contribution is 0.0140. The van der Waals surface area contributed by atoms with Gasteiger partial charge in [0.05, 0.1) is 17.3 Å². The topological polar surface area (TPSA) is 109 Å². The van der Waals surface area contributed by atoms with Gasteiger partial charge < -0.3 is 10.4 Å². The van der Waals surface area contributed by atoms with Gasteiger partial charge in [-0.15, -0.1) is 0 Å². The van der Waals surface area contributed by atoms with Crippen molar-refractivity contribution in [3.8, 4) is 5.82 Å². The fourth-order valence-electron chi connectivity index (χ4n) is 3.27. The van der Waals surface area contributed by atoms with Gasteiger partial charge >= 0.3 is 0 Å². The first-order valence-electron chi connectivity index (χ1n) is 8.37. The molecule has 0 saturated heterocycles. The molecule has 1 aliphatic carbocycles. The van der Waals surface area contributed by atoms with Crippen molar-refractivity contribution in [3.63, 3.8) is 0 Å². The summed E-state index contributed by atoms with van der Waals surface area (Å²) >= 11 is 0. The highest BCUT2D eigenvalue weighted by Gasteiger charge is 2.30. The third kappa shape index (κ3) is 3.12. The Morgan fingerprint density at radius 3 is 2.96 bits per heavy atom. The summed E-state index contributed by atoms with van der Waals surface area (Å²) in [6.07, 6.45) is 9.62. The molecule has 0 atom stereocenters. The molecule has 0 spiro atoms. The molecule has 1 amide bonds. The minimum Gasteiger partial charge on any atom is -0.390 e. The lowest BCUT2D eigenvalue weighted by Gasteiger charge is -2.33. The molecule has 8 heteroatoms. The molecule has 0 bridgehead atoms. The van der Waals surface area contributed by atoms with Crippen molar-refractivity contribution < 1.29 is 9.90 Å². The van der Waals surface area contributed by atoms with Gasteiger partial charge in [0.15, 0.2) is 5.69 Å². The van der Waals surface area contributed by atoms with E-state index in [0.717, 1.165) is 18.2 Å². The largest absolute Gasteiger partial charge is 0.390 e. The maximum absolute atomic E-state index is 12.8. The number of H-pyrrole nitrogens is 1. The Hall–Kier alpha value is -2.74. The van der Waals surface area contributed by atoms with E-state index in [0.29, 0.717) is 29.9 Å². The maximum Gasteiger partial charge on any atom is 0.272 e. The molecular weight excluding hydrogens is 320 g/mol. The molecule has 0 aromatic carbocycles. The van der Waals surface area contributed by atoms with E-state index in [-0.39, 0.29) is 11.9 Å². The number of imidazole rings is 1. The van der Waals surface area contributed by atoms with Crippen molar-refractivity contribution in [2.45, 2.75) is 44.2 Å². The van der Waals surface area contributed by atoms with Gasteiger partial charge in [-0.2, -0.15) is 5.10 Å². The van der Waals surface area contributed by atoms with Gasteiger partial charge in [-0.05, 0) is 38.7 Å². The molecule has 0 unspecified atom stereocenters. The van der Waals surface area contributed by atoms with Gasteiger partial charge in [-0.3, -0.25) is 14.5 Å². The number of carbonyl (C=O) groups excluding carboxylic acids is 1. The van der Waals surface area contributed by atoms with Crippen LogP contribution in [0.2, 0.25) is 0 Å². The summed E-state index contributed by atoms with van der Waals surface area (Å²) in [5, 5.41) is 20.8. The molecule has 130 valence electrons. The second-order valence-electron chi connectivity index (χ2n) is 6.88. The van der Waals surface area contributed by atoms with Gasteiger partial charge in [-0.1, -0.05) is 0 Å². The molecule has 1 aliphatic rings. The fourth-order valence-corrected chi connectivity index (χ4v) is 3.27. The van der Waals surface area contributed by atoms with Crippen LogP contribution in [0.5, 0.6) is 0 Å². The number of nitrogens with one attached hydrogen (secondary N) is 2. The summed E-state index contributed by atoms with van der Waals surface area (Å²) in [5.41, 5.74) is 0.303. The first kappa shape index (κ1) is 15.8. The fraction of sp³-hybridized carbons (Fsp3) is 0.412. The zero-order chi connectivity index (χ0) is 17.4. The Balaban J connectivity index is 1.62. The van der Waals surface area contributed by atoms with E-state index < -0.39 is 5.60 Å². The second-order valence-corrected chi connectivity index (χ2v) is 6.88. The van der Waals surface area contributed by atoms with Crippen molar-refractivity contribution >= 4 is 16.8 Å². The van der Waals surface area contributed by atoms with Crippen LogP contribution in [0.1, 0.15) is 43.1 Å². The molecule has 8 nitrogen and oxygen atoms in total. The number of aromatic amines is 1. The molecule has 3 heterocycles. The van der Waals surface area contributed by atoms with Crippen LogP contribution in [0.3, 0.4) is 0 Å². The van der Waals surface area contributed by atoms with Crippen molar-refractivity contribution in [1.29, 1.82) is 0 Å². The first-order valence-corrected chi connectivity index (χ1v) is 8.37. The third-order valence-corrected chi connectivity index (χ3v) is 4.80. The third-order valence-electron chi connectivity index (χ3n) is 4.80. The van der Waals surface area contributed by atoms with E-state index in [1.807, 2.05) is 13.0 Å². The molecule has 3 aromatic rings. The quantitative estimate of drug-likeness (QED) is 0.670. The average molecular weight is 340 g/mol. The number of nitrogens with zero attached hydrogens (tertiary/aromatic N) is 4. The van der Waals surface area contributed by atoms with Gasteiger partial charge in [0.25, 0.3) is 5.91 Å². The van der Waals surface area contributed by atoms with Crippen LogP contribution in [-0.2, 0) is 0 Å². The van der Waals surface area contributed by atoms with Crippen LogP contribution in [0.15, 0.2) is 31.0 Å². The highest BCUT2D eigenvalue weighted by atomic mass is 16.3. The number of fused-ring (bicyclic) bond motifs is 1. The lowest BCUT2D eigenvalue weighted by atomic mass is 9.83. The van der Waals surface area contributed by atoms with Gasteiger partial charge in [0.2, 0.25) is 0 Å². The molecule has 0 radical (unpaired) electrons. The zero-order valence-corrected chi connectivity index (χ0v) is 13.9. The molecule has 3 aromatic heterocycles. The van der Waals surface area contributed by atoms with Gasteiger partial charge in [0, 0.05) is 23.8 Å². The molecule has 0 aliphatic heterocycles. The van der Waals surface area contributed by atoms with E-state index in [9.17, 15) is 9.90 Å². The first-order chi connectivity index (χ1) is 12.0. The summed E-state index contributed by atoms with van der Waals surface area (Å²) in [4.78, 5) is 21.3. The number of hydrogen-bond donors (Lipinski definition) is 3. The maximum atomic E-state index is 12.8. The molecule has 1 saturated carbocycles. The van der Waals surface area contributed by atoms with Crippen LogP contribution in [0.25, 0.3) is 16.7 Å². The normalized spacial score (nSPS) is 23.7. The van der Waals surface area contributed by atoms with Crippen LogP contribution < -0.4 is 5.32 Å². The SMILES string of the molecule is C[C@]1(O)CC[C@@H](NC(=O)c2nc(-n3ccnc3)cc3cn[nH]c23)CC1. The Labute approximate surface area is 144 Å².